The molecule has 0 saturated carbocycles. The Morgan fingerprint density at radius 3 is 1.55 bits per heavy atom. The number of fused-ring (bicyclic) bond motifs is 4. The van der Waals surface area contributed by atoms with Crippen molar-refractivity contribution in [3.63, 3.8) is 0 Å². The lowest BCUT2D eigenvalue weighted by Crippen LogP contribution is -2.21. The van der Waals surface area contributed by atoms with Gasteiger partial charge in [-0.05, 0) is 103 Å². The van der Waals surface area contributed by atoms with Crippen LogP contribution in [0.4, 0.5) is 56.9 Å². The van der Waals surface area contributed by atoms with Crippen LogP contribution in [-0.2, 0) is 10.1 Å². The maximum Gasteiger partial charge on any atom is 0.294 e. The number of aromatic hydroxyl groups is 2. The number of phenols is 2. The molecule has 0 fully saturated rings. The summed E-state index contributed by atoms with van der Waals surface area (Å²) in [7, 11) is -4.38. The summed E-state index contributed by atoms with van der Waals surface area (Å²) in [5.74, 6) is -1.63. The fourth-order valence-corrected chi connectivity index (χ4v) is 7.90. The van der Waals surface area contributed by atoms with Gasteiger partial charge < -0.3 is 21.7 Å². The van der Waals surface area contributed by atoms with Crippen LogP contribution in [0, 0.1) is 6.92 Å². The van der Waals surface area contributed by atoms with E-state index in [2.05, 4.69) is 40.9 Å². The predicted molar refractivity (Wildman–Crippen MR) is 244 cm³/mol. The highest BCUT2D eigenvalue weighted by atomic mass is 32.2. The molecule has 1 aliphatic rings. The van der Waals surface area contributed by atoms with E-state index in [-0.39, 0.29) is 78.2 Å². The van der Waals surface area contributed by atoms with Crippen molar-refractivity contribution in [3.8, 4) is 11.5 Å². The Balaban J connectivity index is 1.01. The van der Waals surface area contributed by atoms with Gasteiger partial charge in [0.25, 0.3) is 10.1 Å². The fraction of sp³-hybridized carbons (Fsp3) is 0.0213. The van der Waals surface area contributed by atoms with E-state index in [4.69, 9.17) is 11.5 Å². The molecule has 318 valence electrons. The molecular weight excluding hydrogens is 849 g/mol. The summed E-state index contributed by atoms with van der Waals surface area (Å²) >= 11 is 0. The van der Waals surface area contributed by atoms with Crippen molar-refractivity contribution in [1.29, 1.82) is 0 Å². The highest BCUT2D eigenvalue weighted by molar-refractivity contribution is 7.85. The van der Waals surface area contributed by atoms with Gasteiger partial charge in [-0.2, -0.15) is 18.6 Å². The van der Waals surface area contributed by atoms with Crippen molar-refractivity contribution in [2.75, 3.05) is 11.5 Å². The van der Waals surface area contributed by atoms with E-state index >= 15 is 0 Å². The summed E-state index contributed by atoms with van der Waals surface area (Å²) < 4.78 is 32.0. The Hall–Kier alpha value is -8.87. The Bertz CT molecular complexity index is 3560. The topological polar surface area (TPSA) is 280 Å². The molecule has 1 aliphatic carbocycles. The van der Waals surface area contributed by atoms with Crippen LogP contribution in [0.5, 0.6) is 11.5 Å². The third-order valence-corrected chi connectivity index (χ3v) is 11.4. The molecule has 0 aromatic heterocycles. The molecule has 0 aliphatic heterocycles. The monoisotopic (exact) mass is 880 g/mol. The van der Waals surface area contributed by atoms with Gasteiger partial charge in [0, 0.05) is 33.3 Å². The molecule has 0 bridgehead atoms. The number of nitrogens with two attached hydrogens (primary N) is 2. The van der Waals surface area contributed by atoms with Crippen molar-refractivity contribution in [1.82, 2.24) is 0 Å². The van der Waals surface area contributed by atoms with Crippen LogP contribution in [-0.4, -0.2) is 34.8 Å². The molecule has 0 radical (unpaired) electrons. The number of nitrogens with zero attached hydrogens (tertiary/aromatic N) is 8. The molecule has 0 spiro atoms. The lowest BCUT2D eigenvalue weighted by atomic mass is 9.82. The molecule has 9 rings (SSSR count). The molecule has 7 N–H and O–H groups in total. The SMILES string of the molecule is Cc1cc2c(N=Nc3ccccc3)ccc(N)c2c(O)c1N=Nc1cccc2c1C(=O)c1cccc(N=Nc3ccc4c(N=Nc5ccc(S(=O)(=O)O)cc5)ccc(N)c4c3O)c1C2=O. The normalized spacial score (nSPS) is 13.0. The first-order valence-electron chi connectivity index (χ1n) is 19.5. The van der Waals surface area contributed by atoms with Crippen molar-refractivity contribution < 1.29 is 32.8 Å². The third-order valence-electron chi connectivity index (χ3n) is 10.6. The summed E-state index contributed by atoms with van der Waals surface area (Å²) in [6.45, 7) is 1.73. The Kier molecular flexibility index (Phi) is 10.5. The highest BCUT2D eigenvalue weighted by Crippen LogP contribution is 2.47. The number of nitrogen functional groups attached to an aromatic ring is 2. The van der Waals surface area contributed by atoms with Gasteiger partial charge in [0.1, 0.15) is 11.4 Å². The highest BCUT2D eigenvalue weighted by Gasteiger charge is 2.34. The average Bonchev–Trinajstić information content (AvgIpc) is 3.29. The minimum Gasteiger partial charge on any atom is -0.505 e. The van der Waals surface area contributed by atoms with Gasteiger partial charge in [0.2, 0.25) is 0 Å². The van der Waals surface area contributed by atoms with E-state index in [1.165, 1.54) is 60.7 Å². The lowest BCUT2D eigenvalue weighted by Gasteiger charge is -2.19. The Morgan fingerprint density at radius 2 is 0.969 bits per heavy atom. The Morgan fingerprint density at radius 1 is 0.477 bits per heavy atom. The first-order chi connectivity index (χ1) is 31.3. The van der Waals surface area contributed by atoms with Gasteiger partial charge in [-0.15, -0.1) is 30.7 Å². The fourth-order valence-electron chi connectivity index (χ4n) is 7.42. The lowest BCUT2D eigenvalue weighted by molar-refractivity contribution is 0.0980. The Labute approximate surface area is 368 Å². The first kappa shape index (κ1) is 41.5. The van der Waals surface area contributed by atoms with E-state index in [0.717, 1.165) is 0 Å². The predicted octanol–water partition coefficient (Wildman–Crippen LogP) is 12.6. The van der Waals surface area contributed by atoms with Crippen LogP contribution < -0.4 is 11.5 Å². The van der Waals surface area contributed by atoms with Gasteiger partial charge in [0.05, 0.1) is 60.9 Å². The molecule has 0 saturated heterocycles. The van der Waals surface area contributed by atoms with E-state index in [0.29, 0.717) is 44.5 Å². The van der Waals surface area contributed by atoms with Crippen LogP contribution in [0.15, 0.2) is 179 Å². The number of rotatable bonds is 9. The van der Waals surface area contributed by atoms with Crippen LogP contribution in [0.2, 0.25) is 0 Å². The van der Waals surface area contributed by atoms with Crippen LogP contribution in [0.1, 0.15) is 37.4 Å². The number of hydrogen-bond donors (Lipinski definition) is 5. The number of carbonyl (C=O) groups is 2. The quantitative estimate of drug-likeness (QED) is 0.0522. The van der Waals surface area contributed by atoms with Crippen LogP contribution in [0.25, 0.3) is 21.5 Å². The first-order valence-corrected chi connectivity index (χ1v) is 21.0. The van der Waals surface area contributed by atoms with Crippen molar-refractivity contribution >= 4 is 100 Å². The number of carbonyl (C=O) groups excluding carboxylic acids is 2. The summed E-state index contributed by atoms with van der Waals surface area (Å²) in [4.78, 5) is 28.1. The van der Waals surface area contributed by atoms with E-state index < -0.39 is 21.7 Å². The van der Waals surface area contributed by atoms with Gasteiger partial charge in [0.15, 0.2) is 23.1 Å². The molecule has 0 amide bonds. The molecule has 0 heterocycles. The molecule has 8 aromatic rings. The van der Waals surface area contributed by atoms with Gasteiger partial charge in [-0.3, -0.25) is 14.1 Å². The standard InChI is InChI=1S/C47H32N10O7S/c1-24-23-31-35(53-50-25-7-3-2-4-8-25)22-19-33(49)40(31)47(61)43(24)57-55-37-12-6-10-30-42(37)45(59)29-9-5-11-36(41(29)44(30)58)54-56-38-20-17-28-34(21-18-32(48)39(28)46(38)60)52-51-26-13-15-27(16-14-26)65(62,63)64/h2-23,60-61H,48-49H2,1H3,(H,62,63,64). The minimum absolute atomic E-state index is 0.00354. The zero-order valence-corrected chi connectivity index (χ0v) is 34.6. The molecule has 65 heavy (non-hydrogen) atoms. The summed E-state index contributed by atoms with van der Waals surface area (Å²) in [6, 6.07) is 34.7. The van der Waals surface area contributed by atoms with E-state index in [1.807, 2.05) is 30.3 Å². The molecular formula is C47H32N10O7S. The van der Waals surface area contributed by atoms with Crippen molar-refractivity contribution in [3.05, 3.63) is 161 Å². The molecule has 17 nitrogen and oxygen atoms in total. The zero-order chi connectivity index (χ0) is 45.6. The van der Waals surface area contributed by atoms with E-state index in [9.17, 15) is 32.8 Å². The molecule has 18 heteroatoms. The number of ketones is 2. The number of aryl methyl sites for hydroxylation is 1. The second-order valence-electron chi connectivity index (χ2n) is 14.7. The number of azo groups is 4. The zero-order valence-electron chi connectivity index (χ0n) is 33.8. The molecule has 8 aromatic carbocycles. The summed E-state index contributed by atoms with van der Waals surface area (Å²) in [6.07, 6.45) is 0. The third kappa shape index (κ3) is 7.70. The maximum atomic E-state index is 14.2. The smallest absolute Gasteiger partial charge is 0.294 e. The minimum atomic E-state index is -4.38. The van der Waals surface area contributed by atoms with Gasteiger partial charge in [-0.25, -0.2) is 0 Å². The summed E-state index contributed by atoms with van der Waals surface area (Å²) in [5, 5.41) is 58.7. The van der Waals surface area contributed by atoms with Crippen LogP contribution >= 0.6 is 0 Å². The molecule has 0 unspecified atom stereocenters. The second kappa shape index (κ2) is 16.4. The van der Waals surface area contributed by atoms with Gasteiger partial charge in [-0.1, -0.05) is 42.5 Å². The maximum absolute atomic E-state index is 14.2. The average molecular weight is 881 g/mol. The number of hydrogen-bond acceptors (Lipinski definition) is 16. The number of anilines is 2. The number of benzene rings is 8. The molecule has 0 atom stereocenters. The van der Waals surface area contributed by atoms with Crippen molar-refractivity contribution in [2.24, 2.45) is 40.9 Å². The van der Waals surface area contributed by atoms with Crippen LogP contribution in [0.3, 0.4) is 0 Å². The van der Waals surface area contributed by atoms with E-state index in [1.54, 1.807) is 49.4 Å². The largest absolute Gasteiger partial charge is 0.505 e. The van der Waals surface area contributed by atoms with Crippen molar-refractivity contribution in [2.45, 2.75) is 11.8 Å². The van der Waals surface area contributed by atoms with Gasteiger partial charge >= 0.3 is 0 Å². The summed E-state index contributed by atoms with van der Waals surface area (Å²) in [5.41, 5.74) is 15.7. The second-order valence-corrected chi connectivity index (χ2v) is 16.1. The number of phenolic OH excluding ortho intramolecular Hbond substituents is 2.